The van der Waals surface area contributed by atoms with E-state index in [0.717, 1.165) is 17.2 Å². The molecule has 0 bridgehead atoms. The van der Waals surface area contributed by atoms with Gasteiger partial charge in [-0.15, -0.1) is 0 Å². The molecule has 0 amide bonds. The zero-order valence-corrected chi connectivity index (χ0v) is 12.8. The van der Waals surface area contributed by atoms with Crippen molar-refractivity contribution in [1.82, 2.24) is 4.98 Å². The summed E-state index contributed by atoms with van der Waals surface area (Å²) in [4.78, 5) is 6.84. The average Bonchev–Trinajstić information content (AvgIpc) is 2.94. The number of rotatable bonds is 5. The first kappa shape index (κ1) is 14.0. The van der Waals surface area contributed by atoms with Gasteiger partial charge < -0.3 is 10.0 Å². The standard InChI is InChI=1S/C17H18N2OS/c1-19(12-14-8-6-13(7-9-14)10-11-20)17-18-15-4-2-3-5-16(15)21-17/h2-9,20H,10-12H2,1H3. The lowest BCUT2D eigenvalue weighted by atomic mass is 10.1. The summed E-state index contributed by atoms with van der Waals surface area (Å²) in [6.07, 6.45) is 0.716. The van der Waals surface area contributed by atoms with Gasteiger partial charge in [0.1, 0.15) is 0 Å². The second-order valence-electron chi connectivity index (χ2n) is 5.11. The highest BCUT2D eigenvalue weighted by Gasteiger charge is 2.08. The van der Waals surface area contributed by atoms with Crippen LogP contribution in [-0.4, -0.2) is 23.7 Å². The molecule has 0 atom stereocenters. The lowest BCUT2D eigenvalue weighted by Gasteiger charge is -2.15. The van der Waals surface area contributed by atoms with Crippen molar-refractivity contribution in [3.8, 4) is 0 Å². The number of nitrogens with zero attached hydrogens (tertiary/aromatic N) is 2. The van der Waals surface area contributed by atoms with Gasteiger partial charge >= 0.3 is 0 Å². The minimum Gasteiger partial charge on any atom is -0.396 e. The second-order valence-corrected chi connectivity index (χ2v) is 6.12. The largest absolute Gasteiger partial charge is 0.396 e. The normalized spacial score (nSPS) is 11.0. The maximum atomic E-state index is 8.94. The van der Waals surface area contributed by atoms with E-state index in [0.29, 0.717) is 6.42 Å². The molecular formula is C17H18N2OS. The lowest BCUT2D eigenvalue weighted by Crippen LogP contribution is -2.15. The van der Waals surface area contributed by atoms with Crippen molar-refractivity contribution in [2.75, 3.05) is 18.6 Å². The van der Waals surface area contributed by atoms with Crippen LogP contribution in [0.2, 0.25) is 0 Å². The number of anilines is 1. The number of aliphatic hydroxyl groups excluding tert-OH is 1. The molecule has 0 spiro atoms. The molecule has 0 saturated heterocycles. The molecule has 0 radical (unpaired) electrons. The second kappa shape index (κ2) is 6.24. The van der Waals surface area contributed by atoms with Crippen LogP contribution in [0.4, 0.5) is 5.13 Å². The van der Waals surface area contributed by atoms with Gasteiger partial charge in [-0.2, -0.15) is 0 Å². The number of hydrogen-bond acceptors (Lipinski definition) is 4. The number of aromatic nitrogens is 1. The van der Waals surface area contributed by atoms with E-state index in [1.165, 1.54) is 15.8 Å². The van der Waals surface area contributed by atoms with E-state index < -0.39 is 0 Å². The Kier molecular flexibility index (Phi) is 4.18. The fourth-order valence-electron chi connectivity index (χ4n) is 2.31. The van der Waals surface area contributed by atoms with Crippen LogP contribution in [0.3, 0.4) is 0 Å². The van der Waals surface area contributed by atoms with Gasteiger partial charge in [-0.25, -0.2) is 4.98 Å². The highest BCUT2D eigenvalue weighted by Crippen LogP contribution is 2.28. The van der Waals surface area contributed by atoms with E-state index in [4.69, 9.17) is 5.11 Å². The van der Waals surface area contributed by atoms with Crippen molar-refractivity contribution >= 4 is 26.7 Å². The van der Waals surface area contributed by atoms with Crippen molar-refractivity contribution in [1.29, 1.82) is 0 Å². The predicted octanol–water partition coefficient (Wildman–Crippen LogP) is 3.47. The Bertz CT molecular complexity index is 688. The Hall–Kier alpha value is -1.91. The average molecular weight is 298 g/mol. The number of aliphatic hydroxyl groups is 1. The van der Waals surface area contributed by atoms with E-state index in [-0.39, 0.29) is 6.61 Å². The van der Waals surface area contributed by atoms with Gasteiger partial charge in [0.2, 0.25) is 0 Å². The number of fused-ring (bicyclic) bond motifs is 1. The number of para-hydroxylation sites is 1. The minimum atomic E-state index is 0.199. The molecule has 108 valence electrons. The summed E-state index contributed by atoms with van der Waals surface area (Å²) < 4.78 is 1.22. The third-order valence-electron chi connectivity index (χ3n) is 3.45. The van der Waals surface area contributed by atoms with Gasteiger partial charge in [0, 0.05) is 20.2 Å². The van der Waals surface area contributed by atoms with Gasteiger partial charge in [-0.05, 0) is 29.7 Å². The Morgan fingerprint density at radius 2 is 1.76 bits per heavy atom. The molecule has 3 rings (SSSR count). The highest BCUT2D eigenvalue weighted by molar-refractivity contribution is 7.22. The van der Waals surface area contributed by atoms with E-state index in [1.54, 1.807) is 11.3 Å². The summed E-state index contributed by atoms with van der Waals surface area (Å²) in [5, 5.41) is 9.97. The molecule has 0 aliphatic carbocycles. The monoisotopic (exact) mass is 298 g/mol. The molecule has 4 heteroatoms. The minimum absolute atomic E-state index is 0.199. The first-order valence-corrected chi connectivity index (χ1v) is 7.83. The van der Waals surface area contributed by atoms with Gasteiger partial charge in [0.05, 0.1) is 10.2 Å². The summed E-state index contributed by atoms with van der Waals surface area (Å²) in [5.74, 6) is 0. The smallest absolute Gasteiger partial charge is 0.186 e. The van der Waals surface area contributed by atoms with Crippen LogP contribution in [0.25, 0.3) is 10.2 Å². The molecule has 2 aromatic carbocycles. The molecule has 1 heterocycles. The topological polar surface area (TPSA) is 36.4 Å². The van der Waals surface area contributed by atoms with Crippen molar-refractivity contribution in [3.05, 3.63) is 59.7 Å². The third-order valence-corrected chi connectivity index (χ3v) is 4.60. The van der Waals surface area contributed by atoms with Crippen LogP contribution in [0.15, 0.2) is 48.5 Å². The number of benzene rings is 2. The molecule has 0 saturated carbocycles. The zero-order chi connectivity index (χ0) is 14.7. The summed E-state index contributed by atoms with van der Waals surface area (Å²) in [6.45, 7) is 1.03. The molecule has 0 fully saturated rings. The first-order valence-electron chi connectivity index (χ1n) is 7.01. The molecule has 3 aromatic rings. The van der Waals surface area contributed by atoms with Gasteiger partial charge in [0.25, 0.3) is 0 Å². The van der Waals surface area contributed by atoms with Crippen molar-refractivity contribution in [2.24, 2.45) is 0 Å². The SMILES string of the molecule is CN(Cc1ccc(CCO)cc1)c1nc2ccccc2s1. The van der Waals surface area contributed by atoms with Crippen LogP contribution < -0.4 is 4.90 Å². The Balaban J connectivity index is 1.74. The summed E-state index contributed by atoms with van der Waals surface area (Å²) in [6, 6.07) is 16.6. The van der Waals surface area contributed by atoms with Gasteiger partial charge in [-0.1, -0.05) is 47.7 Å². The Labute approximate surface area is 128 Å². The Morgan fingerprint density at radius 3 is 2.48 bits per heavy atom. The molecule has 0 aliphatic heterocycles. The van der Waals surface area contributed by atoms with E-state index >= 15 is 0 Å². The Morgan fingerprint density at radius 1 is 1.05 bits per heavy atom. The maximum Gasteiger partial charge on any atom is 0.186 e. The van der Waals surface area contributed by atoms with Crippen LogP contribution in [0.1, 0.15) is 11.1 Å². The van der Waals surface area contributed by atoms with Crippen LogP contribution in [0.5, 0.6) is 0 Å². The van der Waals surface area contributed by atoms with Gasteiger partial charge in [0.15, 0.2) is 5.13 Å². The fraction of sp³-hybridized carbons (Fsp3) is 0.235. The van der Waals surface area contributed by atoms with E-state index in [2.05, 4.69) is 47.3 Å². The lowest BCUT2D eigenvalue weighted by molar-refractivity contribution is 0.299. The van der Waals surface area contributed by atoms with E-state index in [1.807, 2.05) is 18.2 Å². The first-order chi connectivity index (χ1) is 10.3. The van der Waals surface area contributed by atoms with Crippen molar-refractivity contribution in [3.63, 3.8) is 0 Å². The zero-order valence-electron chi connectivity index (χ0n) is 12.0. The molecule has 1 aromatic heterocycles. The van der Waals surface area contributed by atoms with Crippen molar-refractivity contribution < 1.29 is 5.11 Å². The maximum absolute atomic E-state index is 8.94. The molecule has 1 N–H and O–H groups in total. The third kappa shape index (κ3) is 3.23. The molecule has 3 nitrogen and oxygen atoms in total. The molecule has 0 unspecified atom stereocenters. The molecule has 0 aliphatic rings. The molecule has 21 heavy (non-hydrogen) atoms. The summed E-state index contributed by atoms with van der Waals surface area (Å²) >= 11 is 1.72. The quantitative estimate of drug-likeness (QED) is 0.783. The van der Waals surface area contributed by atoms with Crippen LogP contribution >= 0.6 is 11.3 Å². The van der Waals surface area contributed by atoms with E-state index in [9.17, 15) is 0 Å². The van der Waals surface area contributed by atoms with Gasteiger partial charge in [-0.3, -0.25) is 0 Å². The fourth-order valence-corrected chi connectivity index (χ4v) is 3.23. The highest BCUT2D eigenvalue weighted by atomic mass is 32.1. The van der Waals surface area contributed by atoms with Crippen LogP contribution in [-0.2, 0) is 13.0 Å². The number of hydrogen-bond donors (Lipinski definition) is 1. The van der Waals surface area contributed by atoms with Crippen LogP contribution in [0, 0.1) is 0 Å². The predicted molar refractivity (Wildman–Crippen MR) is 89.0 cm³/mol. The van der Waals surface area contributed by atoms with Crippen molar-refractivity contribution in [2.45, 2.75) is 13.0 Å². The summed E-state index contributed by atoms with van der Waals surface area (Å²) in [7, 11) is 2.07. The molecular weight excluding hydrogens is 280 g/mol. The number of thiazole rings is 1. The summed E-state index contributed by atoms with van der Waals surface area (Å²) in [5.41, 5.74) is 3.48.